The molecule has 0 aliphatic heterocycles. The summed E-state index contributed by atoms with van der Waals surface area (Å²) in [6.07, 6.45) is 4.53. The lowest BCUT2D eigenvalue weighted by atomic mass is 9.51. The normalized spacial score (nSPS) is 50.1. The maximum atomic E-state index is 2.44. The van der Waals surface area contributed by atoms with E-state index >= 15 is 0 Å². The van der Waals surface area contributed by atoms with Crippen molar-refractivity contribution in [3.8, 4) is 0 Å². The van der Waals surface area contributed by atoms with Gasteiger partial charge in [-0.2, -0.15) is 0 Å². The van der Waals surface area contributed by atoms with Crippen molar-refractivity contribution in [3.05, 3.63) is 0 Å². The van der Waals surface area contributed by atoms with Gasteiger partial charge in [-0.25, -0.2) is 0 Å². The molecule has 0 N–H and O–H groups in total. The summed E-state index contributed by atoms with van der Waals surface area (Å²) >= 11 is 0. The first-order valence-electron chi connectivity index (χ1n) is 4.58. The molecule has 58 valence electrons. The van der Waals surface area contributed by atoms with Gasteiger partial charge >= 0.3 is 0 Å². The smallest absolute Gasteiger partial charge is 0.0349 e. The molecular weight excluding hydrogens is 120 g/mol. The van der Waals surface area contributed by atoms with Gasteiger partial charge in [-0.15, -0.1) is 0 Å². The average Bonchev–Trinajstić information content (AvgIpc) is 1.85. The fourth-order valence-electron chi connectivity index (χ4n) is 3.05. The van der Waals surface area contributed by atoms with E-state index in [0.29, 0.717) is 5.41 Å². The molecule has 0 heterocycles. The molecule has 0 heteroatoms. The van der Waals surface area contributed by atoms with Gasteiger partial charge in [-0.1, -0.05) is 20.8 Å². The van der Waals surface area contributed by atoms with Crippen LogP contribution in [0.1, 0.15) is 40.0 Å². The van der Waals surface area contributed by atoms with Crippen LogP contribution in [-0.4, -0.2) is 0 Å². The summed E-state index contributed by atoms with van der Waals surface area (Å²) in [4.78, 5) is 0. The molecule has 0 aromatic rings. The van der Waals surface area contributed by atoms with E-state index in [1.165, 1.54) is 12.8 Å². The Hall–Kier alpha value is 0. The average molecular weight is 138 g/mol. The van der Waals surface area contributed by atoms with Gasteiger partial charge in [0.2, 0.25) is 0 Å². The molecular formula is C10H18. The number of fused-ring (bicyclic) bond motifs is 2. The molecule has 0 saturated heterocycles. The topological polar surface area (TPSA) is 0 Å². The number of rotatable bonds is 0. The van der Waals surface area contributed by atoms with Crippen molar-refractivity contribution in [2.45, 2.75) is 40.0 Å². The summed E-state index contributed by atoms with van der Waals surface area (Å²) in [7, 11) is 0. The number of hydrogen-bond acceptors (Lipinski definition) is 0. The largest absolute Gasteiger partial charge is 0.0620 e. The van der Waals surface area contributed by atoms with Crippen molar-refractivity contribution >= 4 is 0 Å². The molecule has 3 fully saturated rings. The highest BCUT2D eigenvalue weighted by Gasteiger charge is 2.47. The molecule has 3 aliphatic rings. The molecule has 0 aromatic carbocycles. The molecule has 3 aliphatic carbocycles. The van der Waals surface area contributed by atoms with Crippen molar-refractivity contribution < 1.29 is 0 Å². The summed E-state index contributed by atoms with van der Waals surface area (Å²) in [6.45, 7) is 7.30. The maximum Gasteiger partial charge on any atom is -0.0349 e. The van der Waals surface area contributed by atoms with Crippen LogP contribution in [0.15, 0.2) is 0 Å². The molecule has 0 amide bonds. The monoisotopic (exact) mass is 138 g/mol. The van der Waals surface area contributed by atoms with E-state index in [-0.39, 0.29) is 0 Å². The Labute approximate surface area is 64.0 Å². The highest BCUT2D eigenvalue weighted by molar-refractivity contribution is 4.97. The lowest BCUT2D eigenvalue weighted by Crippen LogP contribution is -2.45. The third kappa shape index (κ3) is 0.810. The predicted molar refractivity (Wildman–Crippen MR) is 43.8 cm³/mol. The second kappa shape index (κ2) is 1.78. The lowest BCUT2D eigenvalue weighted by Gasteiger charge is -2.54. The minimum absolute atomic E-state index is 0.681. The quantitative estimate of drug-likeness (QED) is 0.482. The van der Waals surface area contributed by atoms with E-state index in [2.05, 4.69) is 20.8 Å². The van der Waals surface area contributed by atoms with Gasteiger partial charge in [0.05, 0.1) is 0 Å². The Morgan fingerprint density at radius 2 is 1.60 bits per heavy atom. The van der Waals surface area contributed by atoms with Gasteiger partial charge in [0.25, 0.3) is 0 Å². The standard InChI is InChI=1S/C10H18/c1-7-8-4-9(7)6-10(2,3)5-8/h7-9H,4-6H2,1-3H3. The molecule has 0 aromatic heterocycles. The Kier molecular flexibility index (Phi) is 1.19. The highest BCUT2D eigenvalue weighted by atomic mass is 14.5. The van der Waals surface area contributed by atoms with E-state index in [1.54, 1.807) is 6.42 Å². The summed E-state index contributed by atoms with van der Waals surface area (Å²) in [5.74, 6) is 3.25. The van der Waals surface area contributed by atoms with Crippen LogP contribution in [0.3, 0.4) is 0 Å². The predicted octanol–water partition coefficient (Wildman–Crippen LogP) is 3.08. The van der Waals surface area contributed by atoms with E-state index < -0.39 is 0 Å². The minimum Gasteiger partial charge on any atom is -0.0620 e. The highest BCUT2D eigenvalue weighted by Crippen LogP contribution is 2.56. The van der Waals surface area contributed by atoms with Crippen molar-refractivity contribution in [1.82, 2.24) is 0 Å². The Morgan fingerprint density at radius 1 is 1.10 bits per heavy atom. The van der Waals surface area contributed by atoms with Crippen LogP contribution in [0.5, 0.6) is 0 Å². The molecule has 2 bridgehead atoms. The van der Waals surface area contributed by atoms with Gasteiger partial charge in [0, 0.05) is 0 Å². The van der Waals surface area contributed by atoms with Crippen LogP contribution < -0.4 is 0 Å². The van der Waals surface area contributed by atoms with Gasteiger partial charge in [0.1, 0.15) is 0 Å². The summed E-state index contributed by atoms with van der Waals surface area (Å²) in [5.41, 5.74) is 0.681. The van der Waals surface area contributed by atoms with Gasteiger partial charge in [-0.05, 0) is 42.4 Å². The molecule has 3 rings (SSSR count). The molecule has 0 spiro atoms. The van der Waals surface area contributed by atoms with Crippen LogP contribution in [-0.2, 0) is 0 Å². The molecule has 3 saturated carbocycles. The zero-order valence-corrected chi connectivity index (χ0v) is 7.35. The second-order valence-electron chi connectivity index (χ2n) is 5.19. The molecule has 2 unspecified atom stereocenters. The first-order valence-corrected chi connectivity index (χ1v) is 4.58. The summed E-state index contributed by atoms with van der Waals surface area (Å²) < 4.78 is 0. The lowest BCUT2D eigenvalue weighted by molar-refractivity contribution is -0.0426. The van der Waals surface area contributed by atoms with Crippen LogP contribution in [0.25, 0.3) is 0 Å². The third-order valence-electron chi connectivity index (χ3n) is 3.72. The van der Waals surface area contributed by atoms with E-state index in [1.807, 2.05) is 0 Å². The fourth-order valence-corrected chi connectivity index (χ4v) is 3.05. The third-order valence-corrected chi connectivity index (χ3v) is 3.72. The zero-order valence-electron chi connectivity index (χ0n) is 7.35. The van der Waals surface area contributed by atoms with Crippen molar-refractivity contribution in [2.24, 2.45) is 23.2 Å². The summed E-state index contributed by atoms with van der Waals surface area (Å²) in [6, 6.07) is 0. The molecule has 0 radical (unpaired) electrons. The van der Waals surface area contributed by atoms with Crippen molar-refractivity contribution in [1.29, 1.82) is 0 Å². The van der Waals surface area contributed by atoms with Crippen LogP contribution >= 0.6 is 0 Å². The second-order valence-corrected chi connectivity index (χ2v) is 5.19. The first kappa shape index (κ1) is 6.69. The van der Waals surface area contributed by atoms with Gasteiger partial charge in [-0.3, -0.25) is 0 Å². The Morgan fingerprint density at radius 3 is 1.90 bits per heavy atom. The SMILES string of the molecule is CC1C2CC1CC(C)(C)C2. The Bertz CT molecular complexity index is 132. The van der Waals surface area contributed by atoms with E-state index in [0.717, 1.165) is 17.8 Å². The van der Waals surface area contributed by atoms with E-state index in [4.69, 9.17) is 0 Å². The van der Waals surface area contributed by atoms with Crippen molar-refractivity contribution in [2.75, 3.05) is 0 Å². The maximum absolute atomic E-state index is 2.44. The van der Waals surface area contributed by atoms with Crippen molar-refractivity contribution in [3.63, 3.8) is 0 Å². The van der Waals surface area contributed by atoms with Gasteiger partial charge in [0.15, 0.2) is 0 Å². The van der Waals surface area contributed by atoms with Crippen LogP contribution in [0.2, 0.25) is 0 Å². The number of hydrogen-bond donors (Lipinski definition) is 0. The molecule has 0 nitrogen and oxygen atoms in total. The molecule has 2 atom stereocenters. The zero-order chi connectivity index (χ0) is 7.35. The Balaban J connectivity index is 2.06. The first-order chi connectivity index (χ1) is 4.58. The van der Waals surface area contributed by atoms with Crippen LogP contribution in [0.4, 0.5) is 0 Å². The van der Waals surface area contributed by atoms with Crippen LogP contribution in [0, 0.1) is 23.2 Å². The van der Waals surface area contributed by atoms with Gasteiger partial charge < -0.3 is 0 Å². The summed E-state index contributed by atoms with van der Waals surface area (Å²) in [5, 5.41) is 0. The minimum atomic E-state index is 0.681. The molecule has 10 heavy (non-hydrogen) atoms. The van der Waals surface area contributed by atoms with E-state index in [9.17, 15) is 0 Å². The fraction of sp³-hybridized carbons (Fsp3) is 1.00.